The van der Waals surface area contributed by atoms with Crippen LogP contribution in [0, 0.1) is 13.8 Å². The molecule has 0 aliphatic heterocycles. The molecule has 112 valence electrons. The first-order chi connectivity index (χ1) is 9.70. The molecule has 1 N–H and O–H groups in total. The molecule has 0 aliphatic carbocycles. The maximum atomic E-state index is 12.5. The van der Waals surface area contributed by atoms with Gasteiger partial charge in [-0.15, -0.1) is 0 Å². The summed E-state index contributed by atoms with van der Waals surface area (Å²) in [5, 5.41) is 1.03. The van der Waals surface area contributed by atoms with Crippen LogP contribution in [0.15, 0.2) is 35.2 Å². The van der Waals surface area contributed by atoms with Crippen molar-refractivity contribution in [3.63, 3.8) is 0 Å². The van der Waals surface area contributed by atoms with Crippen LogP contribution in [0.5, 0.6) is 0 Å². The Hall–Kier alpha value is -0.940. The van der Waals surface area contributed by atoms with Crippen molar-refractivity contribution in [2.24, 2.45) is 0 Å². The molecule has 0 spiro atoms. The van der Waals surface area contributed by atoms with Gasteiger partial charge in [0.05, 0.1) is 10.7 Å². The minimum absolute atomic E-state index is 0.0135. The van der Waals surface area contributed by atoms with Gasteiger partial charge in [-0.2, -0.15) is 0 Å². The summed E-state index contributed by atoms with van der Waals surface area (Å²) in [7, 11) is -3.80. The number of rotatable bonds is 3. The molecule has 0 amide bonds. The standard InChI is InChI=1S/C14H12Cl3NO2S/c1-8-6-14(12(17)7-11(8)16)21(19,20)18-13-4-3-10(15)5-9(13)2/h3-7,18H,1-2H3. The van der Waals surface area contributed by atoms with Crippen LogP contribution in [0.4, 0.5) is 5.69 Å². The molecule has 2 aromatic rings. The topological polar surface area (TPSA) is 46.2 Å². The summed E-state index contributed by atoms with van der Waals surface area (Å²) in [5.74, 6) is 0. The van der Waals surface area contributed by atoms with Gasteiger partial charge in [0.15, 0.2) is 0 Å². The third-order valence-electron chi connectivity index (χ3n) is 2.94. The average molecular weight is 365 g/mol. The molecule has 0 atom stereocenters. The van der Waals surface area contributed by atoms with Crippen LogP contribution in [0.25, 0.3) is 0 Å². The van der Waals surface area contributed by atoms with Crippen LogP contribution in [0.3, 0.4) is 0 Å². The molecule has 3 nitrogen and oxygen atoms in total. The number of benzene rings is 2. The van der Waals surface area contributed by atoms with Gasteiger partial charge in [0.25, 0.3) is 10.0 Å². The Bertz CT molecular complexity index is 804. The lowest BCUT2D eigenvalue weighted by molar-refractivity contribution is 0.601. The van der Waals surface area contributed by atoms with E-state index in [-0.39, 0.29) is 9.92 Å². The van der Waals surface area contributed by atoms with Gasteiger partial charge < -0.3 is 0 Å². The largest absolute Gasteiger partial charge is 0.279 e. The number of sulfonamides is 1. The first-order valence-electron chi connectivity index (χ1n) is 5.95. The monoisotopic (exact) mass is 363 g/mol. The SMILES string of the molecule is Cc1cc(S(=O)(=O)Nc2ccc(Cl)cc2C)c(Cl)cc1Cl. The first-order valence-corrected chi connectivity index (χ1v) is 8.57. The molecule has 0 aliphatic rings. The van der Waals surface area contributed by atoms with Gasteiger partial charge >= 0.3 is 0 Å². The molecular formula is C14H12Cl3NO2S. The number of hydrogen-bond acceptors (Lipinski definition) is 2. The van der Waals surface area contributed by atoms with Crippen LogP contribution in [-0.2, 0) is 10.0 Å². The predicted molar refractivity (Wildman–Crippen MR) is 88.2 cm³/mol. The van der Waals surface area contributed by atoms with E-state index in [1.807, 2.05) is 0 Å². The summed E-state index contributed by atoms with van der Waals surface area (Å²) in [6, 6.07) is 7.75. The van der Waals surface area contributed by atoms with E-state index in [0.717, 1.165) is 0 Å². The summed E-state index contributed by atoms with van der Waals surface area (Å²) < 4.78 is 27.4. The van der Waals surface area contributed by atoms with Crippen LogP contribution >= 0.6 is 34.8 Å². The molecule has 0 unspecified atom stereocenters. The molecule has 0 heterocycles. The Morgan fingerprint density at radius 2 is 1.57 bits per heavy atom. The van der Waals surface area contributed by atoms with E-state index < -0.39 is 10.0 Å². The number of halogens is 3. The molecule has 0 aromatic heterocycles. The summed E-state index contributed by atoms with van der Waals surface area (Å²) >= 11 is 17.8. The maximum Gasteiger partial charge on any atom is 0.263 e. The average Bonchev–Trinajstić information content (AvgIpc) is 2.37. The van der Waals surface area contributed by atoms with Gasteiger partial charge in [-0.3, -0.25) is 4.72 Å². The van der Waals surface area contributed by atoms with Crippen molar-refractivity contribution in [2.75, 3.05) is 4.72 Å². The quantitative estimate of drug-likeness (QED) is 0.827. The van der Waals surface area contributed by atoms with E-state index in [4.69, 9.17) is 34.8 Å². The molecular weight excluding hydrogens is 353 g/mol. The van der Waals surface area contributed by atoms with Gasteiger partial charge in [0.2, 0.25) is 0 Å². The van der Waals surface area contributed by atoms with Crippen molar-refractivity contribution in [3.8, 4) is 0 Å². The lowest BCUT2D eigenvalue weighted by atomic mass is 10.2. The molecule has 2 aromatic carbocycles. The maximum absolute atomic E-state index is 12.5. The van der Waals surface area contributed by atoms with Crippen LogP contribution in [0.1, 0.15) is 11.1 Å². The predicted octanol–water partition coefficient (Wildman–Crippen LogP) is 5.06. The third kappa shape index (κ3) is 3.64. The van der Waals surface area contributed by atoms with Crippen LogP contribution < -0.4 is 4.72 Å². The van der Waals surface area contributed by atoms with Crippen molar-refractivity contribution < 1.29 is 8.42 Å². The molecule has 0 saturated heterocycles. The van der Waals surface area contributed by atoms with Crippen LogP contribution in [0.2, 0.25) is 15.1 Å². The zero-order chi connectivity index (χ0) is 15.8. The van der Waals surface area contributed by atoms with Gasteiger partial charge in [0, 0.05) is 10.0 Å². The highest BCUT2D eigenvalue weighted by Crippen LogP contribution is 2.30. The number of aryl methyl sites for hydroxylation is 2. The van der Waals surface area contributed by atoms with E-state index in [1.165, 1.54) is 12.1 Å². The van der Waals surface area contributed by atoms with E-state index in [2.05, 4.69) is 4.72 Å². The zero-order valence-corrected chi connectivity index (χ0v) is 14.3. The molecule has 7 heteroatoms. The van der Waals surface area contributed by atoms with Crippen molar-refractivity contribution >= 4 is 50.5 Å². The summed E-state index contributed by atoms with van der Waals surface area (Å²) in [6.45, 7) is 3.48. The lowest BCUT2D eigenvalue weighted by Gasteiger charge is -2.13. The summed E-state index contributed by atoms with van der Waals surface area (Å²) in [4.78, 5) is -0.0135. The minimum Gasteiger partial charge on any atom is -0.279 e. The smallest absolute Gasteiger partial charge is 0.263 e. The van der Waals surface area contributed by atoms with Gasteiger partial charge in [-0.1, -0.05) is 34.8 Å². The highest BCUT2D eigenvalue weighted by molar-refractivity contribution is 7.92. The zero-order valence-electron chi connectivity index (χ0n) is 11.2. The second-order valence-corrected chi connectivity index (χ2v) is 7.50. The van der Waals surface area contributed by atoms with Crippen molar-refractivity contribution in [2.45, 2.75) is 18.7 Å². The van der Waals surface area contributed by atoms with Gasteiger partial charge in [-0.05, 0) is 55.3 Å². The highest BCUT2D eigenvalue weighted by atomic mass is 35.5. The Morgan fingerprint density at radius 3 is 2.19 bits per heavy atom. The lowest BCUT2D eigenvalue weighted by Crippen LogP contribution is -2.14. The van der Waals surface area contributed by atoms with E-state index in [0.29, 0.717) is 26.9 Å². The van der Waals surface area contributed by atoms with Crippen LogP contribution in [-0.4, -0.2) is 8.42 Å². The number of hydrogen-bond donors (Lipinski definition) is 1. The second kappa shape index (κ2) is 6.05. The van der Waals surface area contributed by atoms with Crippen molar-refractivity contribution in [1.29, 1.82) is 0 Å². The molecule has 2 rings (SSSR count). The number of anilines is 1. The first kappa shape index (κ1) is 16.4. The third-order valence-corrected chi connectivity index (χ3v) is 5.41. The fraction of sp³-hybridized carbons (Fsp3) is 0.143. The Labute approximate surface area is 138 Å². The summed E-state index contributed by atoms with van der Waals surface area (Å²) in [5.41, 5.74) is 1.80. The molecule has 0 saturated carbocycles. The normalized spacial score (nSPS) is 11.5. The molecule has 0 radical (unpaired) electrons. The Kier molecular flexibility index (Phi) is 4.73. The summed E-state index contributed by atoms with van der Waals surface area (Å²) in [6.07, 6.45) is 0. The molecule has 0 bridgehead atoms. The van der Waals surface area contributed by atoms with Gasteiger partial charge in [-0.25, -0.2) is 8.42 Å². The number of nitrogens with one attached hydrogen (secondary N) is 1. The highest BCUT2D eigenvalue weighted by Gasteiger charge is 2.20. The molecule has 0 fully saturated rings. The van der Waals surface area contributed by atoms with E-state index in [9.17, 15) is 8.42 Å². The fourth-order valence-corrected chi connectivity index (χ4v) is 3.97. The minimum atomic E-state index is -3.80. The molecule has 21 heavy (non-hydrogen) atoms. The van der Waals surface area contributed by atoms with Crippen molar-refractivity contribution in [1.82, 2.24) is 0 Å². The van der Waals surface area contributed by atoms with E-state index in [1.54, 1.807) is 32.0 Å². The fourth-order valence-electron chi connectivity index (χ4n) is 1.78. The Balaban J connectivity index is 2.46. The Morgan fingerprint density at radius 1 is 0.905 bits per heavy atom. The van der Waals surface area contributed by atoms with E-state index >= 15 is 0 Å². The van der Waals surface area contributed by atoms with Crippen molar-refractivity contribution in [3.05, 3.63) is 56.5 Å². The second-order valence-electron chi connectivity index (χ2n) is 4.60. The van der Waals surface area contributed by atoms with Gasteiger partial charge in [0.1, 0.15) is 4.90 Å².